The lowest BCUT2D eigenvalue weighted by Crippen LogP contribution is -2.15. The number of fused-ring (bicyclic) bond motifs is 6. The van der Waals surface area contributed by atoms with Gasteiger partial charge in [-0.15, -0.1) is 0 Å². The van der Waals surface area contributed by atoms with Crippen LogP contribution in [0.15, 0.2) is 168 Å². The molecule has 0 saturated heterocycles. The van der Waals surface area contributed by atoms with E-state index in [1.807, 2.05) is 36.4 Å². The van der Waals surface area contributed by atoms with Crippen LogP contribution in [0.5, 0.6) is 0 Å². The minimum atomic E-state index is 0.325. The Morgan fingerprint density at radius 1 is 0.396 bits per heavy atom. The van der Waals surface area contributed by atoms with E-state index in [9.17, 15) is 0 Å². The third kappa shape index (κ3) is 5.25. The second-order valence-electron chi connectivity index (χ2n) is 14.1. The Morgan fingerprint density at radius 2 is 0.906 bits per heavy atom. The van der Waals surface area contributed by atoms with Crippen molar-refractivity contribution in [3.05, 3.63) is 175 Å². The fraction of sp³-hybridized carbons (Fsp3) is 0.0816. The summed E-state index contributed by atoms with van der Waals surface area (Å²) in [4.78, 5) is 15.7. The van der Waals surface area contributed by atoms with E-state index in [-0.39, 0.29) is 0 Å². The highest BCUT2D eigenvalue weighted by molar-refractivity contribution is 6.11. The molecule has 0 N–H and O–H groups in total. The topological polar surface area (TPSA) is 51.8 Å². The number of furan rings is 1. The van der Waals surface area contributed by atoms with Gasteiger partial charge in [0.15, 0.2) is 17.5 Å². The lowest BCUT2D eigenvalue weighted by Gasteiger charge is -2.33. The summed E-state index contributed by atoms with van der Waals surface area (Å²) in [5.74, 6) is 2.58. The Labute approximate surface area is 308 Å². The summed E-state index contributed by atoms with van der Waals surface area (Å²) in [6, 6.07) is 57.3. The maximum Gasteiger partial charge on any atom is 0.164 e. The van der Waals surface area contributed by atoms with E-state index >= 15 is 0 Å². The maximum atomic E-state index is 6.51. The van der Waals surface area contributed by atoms with Crippen LogP contribution < -0.4 is 0 Å². The number of nitrogens with zero attached hydrogens (tertiary/aromatic N) is 3. The number of para-hydroxylation sites is 1. The monoisotopic (exact) mass is 681 g/mol. The number of hydrogen-bond donors (Lipinski definition) is 0. The van der Waals surface area contributed by atoms with Crippen molar-refractivity contribution in [1.82, 2.24) is 15.0 Å². The van der Waals surface area contributed by atoms with Gasteiger partial charge in [0.25, 0.3) is 0 Å². The first-order valence-corrected chi connectivity index (χ1v) is 18.3. The van der Waals surface area contributed by atoms with Crippen molar-refractivity contribution in [3.8, 4) is 67.5 Å². The van der Waals surface area contributed by atoms with Crippen LogP contribution in [0.25, 0.3) is 89.5 Å². The Kier molecular flexibility index (Phi) is 7.36. The van der Waals surface area contributed by atoms with Gasteiger partial charge < -0.3 is 4.42 Å². The van der Waals surface area contributed by atoms with Crippen molar-refractivity contribution in [3.63, 3.8) is 0 Å². The minimum Gasteiger partial charge on any atom is -0.455 e. The Balaban J connectivity index is 1.26. The summed E-state index contributed by atoms with van der Waals surface area (Å²) in [5.41, 5.74) is 14.2. The van der Waals surface area contributed by atoms with Gasteiger partial charge in [-0.25, -0.2) is 15.0 Å². The molecule has 0 spiro atoms. The van der Waals surface area contributed by atoms with Gasteiger partial charge in [-0.1, -0.05) is 147 Å². The first-order chi connectivity index (χ1) is 26.1. The van der Waals surface area contributed by atoms with Gasteiger partial charge in [-0.05, 0) is 81.1 Å². The zero-order valence-corrected chi connectivity index (χ0v) is 29.5. The third-order valence-corrected chi connectivity index (χ3v) is 11.0. The highest BCUT2D eigenvalue weighted by Gasteiger charge is 2.31. The van der Waals surface area contributed by atoms with Crippen LogP contribution in [0.2, 0.25) is 0 Å². The first kappa shape index (κ1) is 31.1. The molecule has 0 saturated carbocycles. The molecular weight excluding hydrogens is 647 g/mol. The average Bonchev–Trinajstić information content (AvgIpc) is 3.61. The SMILES string of the molecule is CC1c2ccccc2-c2cc(-c3nc(-c4ccccc4)nc(-c4cc(-c5ccccc5)c5oc6ccccc6c5c4)n3)cc(-c3ccccc3)c2C1C. The molecule has 252 valence electrons. The molecule has 0 amide bonds. The number of rotatable bonds is 5. The molecule has 53 heavy (non-hydrogen) atoms. The van der Waals surface area contributed by atoms with Crippen molar-refractivity contribution >= 4 is 21.9 Å². The van der Waals surface area contributed by atoms with Crippen molar-refractivity contribution in [2.75, 3.05) is 0 Å². The fourth-order valence-corrected chi connectivity index (χ4v) is 8.15. The van der Waals surface area contributed by atoms with Crippen molar-refractivity contribution < 1.29 is 4.42 Å². The zero-order chi connectivity index (χ0) is 35.5. The summed E-state index contributed by atoms with van der Waals surface area (Å²) < 4.78 is 6.51. The molecule has 1 aliphatic carbocycles. The van der Waals surface area contributed by atoms with E-state index in [2.05, 4.69) is 141 Å². The van der Waals surface area contributed by atoms with Gasteiger partial charge in [0, 0.05) is 33.0 Å². The van der Waals surface area contributed by atoms with E-state index < -0.39 is 0 Å². The molecule has 10 rings (SSSR count). The molecule has 0 bridgehead atoms. The molecule has 2 unspecified atom stereocenters. The van der Waals surface area contributed by atoms with Crippen molar-refractivity contribution in [2.24, 2.45) is 0 Å². The van der Waals surface area contributed by atoms with Crippen LogP contribution in [-0.4, -0.2) is 15.0 Å². The second-order valence-corrected chi connectivity index (χ2v) is 14.1. The molecule has 9 aromatic rings. The molecule has 1 aliphatic rings. The van der Waals surface area contributed by atoms with Crippen LogP contribution in [-0.2, 0) is 0 Å². The molecule has 4 heteroatoms. The Morgan fingerprint density at radius 3 is 1.60 bits per heavy atom. The molecular formula is C49H35N3O. The smallest absolute Gasteiger partial charge is 0.164 e. The Hall–Kier alpha value is -6.65. The van der Waals surface area contributed by atoms with Crippen LogP contribution in [0.1, 0.15) is 36.8 Å². The molecule has 7 aromatic carbocycles. The highest BCUT2D eigenvalue weighted by Crippen LogP contribution is 2.51. The van der Waals surface area contributed by atoms with E-state index in [1.165, 1.54) is 33.4 Å². The maximum absolute atomic E-state index is 6.51. The van der Waals surface area contributed by atoms with Gasteiger partial charge in [-0.3, -0.25) is 0 Å². The molecule has 0 aliphatic heterocycles. The molecule has 0 radical (unpaired) electrons. The summed E-state index contributed by atoms with van der Waals surface area (Å²) in [6.07, 6.45) is 0. The number of hydrogen-bond acceptors (Lipinski definition) is 4. The quantitative estimate of drug-likeness (QED) is 0.181. The summed E-state index contributed by atoms with van der Waals surface area (Å²) in [7, 11) is 0. The van der Waals surface area contributed by atoms with Gasteiger partial charge in [0.1, 0.15) is 11.2 Å². The molecule has 2 atom stereocenters. The molecule has 4 nitrogen and oxygen atoms in total. The standard InChI is InChI=1S/C49H35N3O/c1-30-31(2)45-40(32-16-6-3-7-17-32)26-35(28-42(45)38-23-13-12-22-37(30)38)48-50-47(34-20-10-5-11-21-34)51-49(52-48)36-27-41(33-18-8-4-9-19-33)46-43(29-36)39-24-14-15-25-44(39)53-46/h3-31H,1-2H3. The van der Waals surface area contributed by atoms with Gasteiger partial charge in [0.05, 0.1) is 0 Å². The number of aromatic nitrogens is 3. The van der Waals surface area contributed by atoms with Gasteiger partial charge in [-0.2, -0.15) is 0 Å². The largest absolute Gasteiger partial charge is 0.455 e. The van der Waals surface area contributed by atoms with Crippen molar-refractivity contribution in [2.45, 2.75) is 25.7 Å². The Bertz CT molecular complexity index is 2790. The molecule has 0 fully saturated rings. The highest BCUT2D eigenvalue weighted by atomic mass is 16.3. The summed E-state index contributed by atoms with van der Waals surface area (Å²) >= 11 is 0. The van der Waals surface area contributed by atoms with Crippen LogP contribution in [0, 0.1) is 0 Å². The zero-order valence-electron chi connectivity index (χ0n) is 29.5. The average molecular weight is 682 g/mol. The minimum absolute atomic E-state index is 0.325. The van der Waals surface area contributed by atoms with Gasteiger partial charge >= 0.3 is 0 Å². The van der Waals surface area contributed by atoms with E-state index in [0.29, 0.717) is 29.3 Å². The van der Waals surface area contributed by atoms with Crippen molar-refractivity contribution in [1.29, 1.82) is 0 Å². The van der Waals surface area contributed by atoms with E-state index in [0.717, 1.165) is 49.8 Å². The van der Waals surface area contributed by atoms with Crippen LogP contribution in [0.3, 0.4) is 0 Å². The van der Waals surface area contributed by atoms with Crippen LogP contribution in [0.4, 0.5) is 0 Å². The third-order valence-electron chi connectivity index (χ3n) is 11.0. The lowest BCUT2D eigenvalue weighted by molar-refractivity contribution is 0.617. The molecule has 2 aromatic heterocycles. The fourth-order valence-electron chi connectivity index (χ4n) is 8.15. The normalized spacial score (nSPS) is 15.0. The number of benzene rings is 7. The van der Waals surface area contributed by atoms with Crippen LogP contribution >= 0.6 is 0 Å². The van der Waals surface area contributed by atoms with E-state index in [4.69, 9.17) is 19.4 Å². The molecule has 2 heterocycles. The first-order valence-electron chi connectivity index (χ1n) is 18.3. The predicted octanol–water partition coefficient (Wildman–Crippen LogP) is 13.0. The second kappa shape index (κ2) is 12.5. The lowest BCUT2D eigenvalue weighted by atomic mass is 9.70. The van der Waals surface area contributed by atoms with Gasteiger partial charge in [0.2, 0.25) is 0 Å². The summed E-state index contributed by atoms with van der Waals surface area (Å²) in [5, 5.41) is 2.09. The van der Waals surface area contributed by atoms with E-state index in [1.54, 1.807) is 0 Å². The summed E-state index contributed by atoms with van der Waals surface area (Å²) in [6.45, 7) is 4.71. The predicted molar refractivity (Wildman–Crippen MR) is 217 cm³/mol.